The predicted molar refractivity (Wildman–Crippen MR) is 87.7 cm³/mol. The molecule has 0 saturated carbocycles. The molecule has 1 aliphatic heterocycles. The number of likely N-dealkylation sites (tertiary alicyclic amines) is 1. The molecular weight excluding hydrogens is 298 g/mol. The van der Waals surface area contributed by atoms with E-state index < -0.39 is 0 Å². The molecule has 1 saturated heterocycles. The van der Waals surface area contributed by atoms with Crippen LogP contribution in [-0.2, 0) is 0 Å². The van der Waals surface area contributed by atoms with Crippen LogP contribution in [0.15, 0.2) is 24.3 Å². The van der Waals surface area contributed by atoms with Gasteiger partial charge in [0.1, 0.15) is 5.75 Å². The van der Waals surface area contributed by atoms with Crippen LogP contribution in [0, 0.1) is 0 Å². The van der Waals surface area contributed by atoms with Crippen LogP contribution >= 0.6 is 0 Å². The summed E-state index contributed by atoms with van der Waals surface area (Å²) >= 11 is 0. The molecule has 23 heavy (non-hydrogen) atoms. The minimum absolute atomic E-state index is 0.0505. The Balaban J connectivity index is 1.79. The summed E-state index contributed by atoms with van der Waals surface area (Å²) in [6.07, 6.45) is 0. The molecule has 1 heterocycles. The first-order valence-electron chi connectivity index (χ1n) is 7.92. The minimum atomic E-state index is -0.140. The van der Waals surface area contributed by atoms with E-state index in [-0.39, 0.29) is 25.3 Å². The molecule has 1 aliphatic rings. The molecule has 0 atom stereocenters. The normalized spacial score (nSPS) is 14.7. The number of hydrogen-bond donors (Lipinski definition) is 3. The number of nitrogens with one attached hydrogen (secondary N) is 1. The van der Waals surface area contributed by atoms with Crippen molar-refractivity contribution in [2.24, 2.45) is 0 Å². The molecule has 7 nitrogen and oxygen atoms in total. The maximum absolute atomic E-state index is 12.2. The molecule has 7 heteroatoms. The monoisotopic (exact) mass is 323 g/mol. The second-order valence-electron chi connectivity index (χ2n) is 5.43. The summed E-state index contributed by atoms with van der Waals surface area (Å²) in [5.41, 5.74) is 0.726. The highest BCUT2D eigenvalue weighted by atomic mass is 16.5. The Morgan fingerprint density at radius 3 is 2.39 bits per heavy atom. The van der Waals surface area contributed by atoms with Crippen LogP contribution in [0.2, 0.25) is 0 Å². The average molecular weight is 323 g/mol. The highest BCUT2D eigenvalue weighted by molar-refractivity contribution is 5.90. The van der Waals surface area contributed by atoms with Crippen molar-refractivity contribution in [1.82, 2.24) is 9.80 Å². The lowest BCUT2D eigenvalue weighted by Gasteiger charge is -2.45. The summed E-state index contributed by atoms with van der Waals surface area (Å²) in [7, 11) is 0. The number of benzene rings is 1. The summed E-state index contributed by atoms with van der Waals surface area (Å²) in [4.78, 5) is 15.9. The van der Waals surface area contributed by atoms with E-state index in [1.54, 1.807) is 4.90 Å². The number of hydrogen-bond acceptors (Lipinski definition) is 5. The molecule has 2 amide bonds. The van der Waals surface area contributed by atoms with Crippen molar-refractivity contribution in [2.75, 3.05) is 51.3 Å². The Kier molecular flexibility index (Phi) is 6.64. The maximum Gasteiger partial charge on any atom is 0.321 e. The van der Waals surface area contributed by atoms with E-state index in [4.69, 9.17) is 14.9 Å². The van der Waals surface area contributed by atoms with E-state index in [9.17, 15) is 4.79 Å². The van der Waals surface area contributed by atoms with E-state index >= 15 is 0 Å². The molecule has 1 aromatic rings. The van der Waals surface area contributed by atoms with Crippen LogP contribution in [0.3, 0.4) is 0 Å². The third kappa shape index (κ3) is 4.82. The SMILES string of the molecule is CCOc1ccc(NC(=O)N2CC(N(CCO)CCO)C2)cc1. The van der Waals surface area contributed by atoms with E-state index in [0.717, 1.165) is 11.4 Å². The molecule has 0 bridgehead atoms. The van der Waals surface area contributed by atoms with Gasteiger partial charge in [0.15, 0.2) is 0 Å². The van der Waals surface area contributed by atoms with Gasteiger partial charge in [-0.15, -0.1) is 0 Å². The molecule has 1 aromatic carbocycles. The van der Waals surface area contributed by atoms with Gasteiger partial charge in [-0.25, -0.2) is 4.79 Å². The number of carbonyl (C=O) groups excluding carboxylic acids is 1. The molecule has 0 aliphatic carbocycles. The van der Waals surface area contributed by atoms with Gasteiger partial charge < -0.3 is 25.2 Å². The molecule has 0 radical (unpaired) electrons. The molecule has 0 spiro atoms. The van der Waals surface area contributed by atoms with Crippen molar-refractivity contribution in [2.45, 2.75) is 13.0 Å². The van der Waals surface area contributed by atoms with Crippen LogP contribution in [0.25, 0.3) is 0 Å². The van der Waals surface area contributed by atoms with Gasteiger partial charge in [-0.05, 0) is 31.2 Å². The van der Waals surface area contributed by atoms with Crippen LogP contribution < -0.4 is 10.1 Å². The molecule has 0 aromatic heterocycles. The fourth-order valence-corrected chi connectivity index (χ4v) is 2.59. The zero-order valence-electron chi connectivity index (χ0n) is 13.4. The number of amides is 2. The first kappa shape index (κ1) is 17.5. The minimum Gasteiger partial charge on any atom is -0.494 e. The third-order valence-corrected chi connectivity index (χ3v) is 3.86. The average Bonchev–Trinajstić information content (AvgIpc) is 2.48. The number of anilines is 1. The summed E-state index contributed by atoms with van der Waals surface area (Å²) in [5, 5.41) is 20.9. The van der Waals surface area contributed by atoms with E-state index in [1.165, 1.54) is 0 Å². The second kappa shape index (κ2) is 8.71. The number of carbonyl (C=O) groups is 1. The number of nitrogens with zero attached hydrogens (tertiary/aromatic N) is 2. The Hall–Kier alpha value is -1.83. The second-order valence-corrected chi connectivity index (χ2v) is 5.43. The van der Waals surface area contributed by atoms with Gasteiger partial charge in [0.05, 0.1) is 19.8 Å². The molecule has 128 valence electrons. The summed E-state index contributed by atoms with van der Waals surface area (Å²) in [6.45, 7) is 4.86. The Morgan fingerprint density at radius 2 is 1.87 bits per heavy atom. The van der Waals surface area contributed by atoms with Crippen LogP contribution in [-0.4, -0.2) is 78.1 Å². The van der Waals surface area contributed by atoms with Crippen LogP contribution in [0.1, 0.15) is 6.92 Å². The maximum atomic E-state index is 12.2. The number of aliphatic hydroxyl groups excluding tert-OH is 2. The molecule has 3 N–H and O–H groups in total. The van der Waals surface area contributed by atoms with Gasteiger partial charge in [0.2, 0.25) is 0 Å². The lowest BCUT2D eigenvalue weighted by molar-refractivity contribution is 0.0393. The van der Waals surface area contributed by atoms with Gasteiger partial charge >= 0.3 is 6.03 Å². The standard InChI is InChI=1S/C16H25N3O4/c1-2-23-15-5-3-13(4-6-15)17-16(22)19-11-14(12-19)18(7-9-20)8-10-21/h3-6,14,20-21H,2,7-12H2,1H3,(H,17,22). The highest BCUT2D eigenvalue weighted by Crippen LogP contribution is 2.19. The fraction of sp³-hybridized carbons (Fsp3) is 0.562. The number of urea groups is 1. The van der Waals surface area contributed by atoms with Gasteiger partial charge in [0.25, 0.3) is 0 Å². The predicted octanol–water partition coefficient (Wildman–Crippen LogP) is 0.588. The summed E-state index contributed by atoms with van der Waals surface area (Å²) in [6, 6.07) is 7.32. The van der Waals surface area contributed by atoms with Crippen molar-refractivity contribution in [3.63, 3.8) is 0 Å². The number of ether oxygens (including phenoxy) is 1. The summed E-state index contributed by atoms with van der Waals surface area (Å²) < 4.78 is 5.36. The van der Waals surface area contributed by atoms with Gasteiger partial charge in [-0.1, -0.05) is 0 Å². The van der Waals surface area contributed by atoms with Crippen LogP contribution in [0.5, 0.6) is 5.75 Å². The van der Waals surface area contributed by atoms with E-state index in [1.807, 2.05) is 36.1 Å². The van der Waals surface area contributed by atoms with Crippen molar-refractivity contribution < 1.29 is 19.7 Å². The van der Waals surface area contributed by atoms with Crippen molar-refractivity contribution >= 4 is 11.7 Å². The first-order chi connectivity index (χ1) is 11.2. The van der Waals surface area contributed by atoms with Crippen molar-refractivity contribution in [3.05, 3.63) is 24.3 Å². The van der Waals surface area contributed by atoms with Gasteiger partial charge in [-0.3, -0.25) is 4.90 Å². The molecular formula is C16H25N3O4. The Labute approximate surface area is 136 Å². The van der Waals surface area contributed by atoms with Crippen molar-refractivity contribution in [1.29, 1.82) is 0 Å². The quantitative estimate of drug-likeness (QED) is 0.652. The van der Waals surface area contributed by atoms with E-state index in [0.29, 0.717) is 32.8 Å². The number of rotatable bonds is 8. The van der Waals surface area contributed by atoms with Crippen LogP contribution in [0.4, 0.5) is 10.5 Å². The van der Waals surface area contributed by atoms with Crippen molar-refractivity contribution in [3.8, 4) is 5.75 Å². The zero-order chi connectivity index (χ0) is 16.7. The highest BCUT2D eigenvalue weighted by Gasteiger charge is 2.34. The Morgan fingerprint density at radius 1 is 1.26 bits per heavy atom. The zero-order valence-corrected chi connectivity index (χ0v) is 13.4. The fourth-order valence-electron chi connectivity index (χ4n) is 2.59. The lowest BCUT2D eigenvalue weighted by Crippen LogP contribution is -2.62. The van der Waals surface area contributed by atoms with Gasteiger partial charge in [-0.2, -0.15) is 0 Å². The third-order valence-electron chi connectivity index (χ3n) is 3.86. The lowest BCUT2D eigenvalue weighted by atomic mass is 10.1. The largest absolute Gasteiger partial charge is 0.494 e. The Bertz CT molecular complexity index is 483. The molecule has 2 rings (SSSR count). The van der Waals surface area contributed by atoms with E-state index in [2.05, 4.69) is 5.32 Å². The smallest absolute Gasteiger partial charge is 0.321 e. The number of aliphatic hydroxyl groups is 2. The topological polar surface area (TPSA) is 85.3 Å². The summed E-state index contributed by atoms with van der Waals surface area (Å²) in [5.74, 6) is 0.776. The molecule has 0 unspecified atom stereocenters. The molecule has 1 fully saturated rings. The van der Waals surface area contributed by atoms with Gasteiger partial charge in [0, 0.05) is 37.9 Å². The first-order valence-corrected chi connectivity index (χ1v) is 7.92.